The second-order valence-electron chi connectivity index (χ2n) is 6.01. The largest absolute Gasteiger partial charge is 0.338 e. The molecule has 0 amide bonds. The van der Waals surface area contributed by atoms with Gasteiger partial charge in [-0.15, -0.1) is 5.10 Å². The normalized spacial score (nSPS) is 15.6. The van der Waals surface area contributed by atoms with E-state index in [0.717, 1.165) is 28.0 Å². The first kappa shape index (κ1) is 16.7. The molecule has 130 valence electrons. The summed E-state index contributed by atoms with van der Waals surface area (Å²) in [5.74, 6) is 1.70. The molecule has 25 heavy (non-hydrogen) atoms. The zero-order valence-corrected chi connectivity index (χ0v) is 15.9. The van der Waals surface area contributed by atoms with Crippen LogP contribution in [0.2, 0.25) is 0 Å². The molecule has 1 fully saturated rings. The number of nitrogens with zero attached hydrogens (tertiary/aromatic N) is 6. The SMILES string of the molecule is Brc1cccc(-c2noc(CSc3nnnn3C3CCCCC3)n2)c1. The highest BCUT2D eigenvalue weighted by atomic mass is 79.9. The topological polar surface area (TPSA) is 82.5 Å². The van der Waals surface area contributed by atoms with Crippen molar-refractivity contribution in [2.24, 2.45) is 0 Å². The summed E-state index contributed by atoms with van der Waals surface area (Å²) < 4.78 is 8.30. The molecule has 7 nitrogen and oxygen atoms in total. The second-order valence-corrected chi connectivity index (χ2v) is 7.87. The highest BCUT2D eigenvalue weighted by molar-refractivity contribution is 9.10. The quantitative estimate of drug-likeness (QED) is 0.569. The number of aromatic nitrogens is 6. The molecule has 0 spiro atoms. The summed E-state index contributed by atoms with van der Waals surface area (Å²) in [5.41, 5.74) is 0.918. The Morgan fingerprint density at radius 1 is 1.24 bits per heavy atom. The van der Waals surface area contributed by atoms with Gasteiger partial charge in [-0.3, -0.25) is 0 Å². The maximum absolute atomic E-state index is 5.37. The van der Waals surface area contributed by atoms with Gasteiger partial charge in [-0.05, 0) is 35.4 Å². The summed E-state index contributed by atoms with van der Waals surface area (Å²) in [6, 6.07) is 8.24. The zero-order chi connectivity index (χ0) is 17.1. The fourth-order valence-corrected chi connectivity index (χ4v) is 4.20. The molecule has 0 bridgehead atoms. The summed E-state index contributed by atoms with van der Waals surface area (Å²) in [7, 11) is 0. The molecule has 1 aromatic carbocycles. The lowest BCUT2D eigenvalue weighted by atomic mass is 9.96. The Morgan fingerprint density at radius 2 is 2.12 bits per heavy atom. The van der Waals surface area contributed by atoms with Crippen molar-refractivity contribution in [1.82, 2.24) is 30.3 Å². The van der Waals surface area contributed by atoms with Crippen LogP contribution in [0.4, 0.5) is 0 Å². The van der Waals surface area contributed by atoms with Crippen LogP contribution in [0, 0.1) is 0 Å². The number of hydrogen-bond donors (Lipinski definition) is 0. The molecule has 4 rings (SSSR count). The Morgan fingerprint density at radius 3 is 2.96 bits per heavy atom. The average Bonchev–Trinajstić information content (AvgIpc) is 3.30. The molecule has 9 heteroatoms. The van der Waals surface area contributed by atoms with Crippen molar-refractivity contribution < 1.29 is 4.52 Å². The lowest BCUT2D eigenvalue weighted by molar-refractivity contribution is 0.307. The van der Waals surface area contributed by atoms with Gasteiger partial charge in [0, 0.05) is 10.0 Å². The van der Waals surface area contributed by atoms with Gasteiger partial charge < -0.3 is 4.52 Å². The lowest BCUT2D eigenvalue weighted by Crippen LogP contribution is -2.15. The molecular weight excluding hydrogens is 404 g/mol. The van der Waals surface area contributed by atoms with Gasteiger partial charge >= 0.3 is 0 Å². The highest BCUT2D eigenvalue weighted by Crippen LogP contribution is 2.31. The van der Waals surface area contributed by atoms with Crippen LogP contribution in [-0.2, 0) is 5.75 Å². The van der Waals surface area contributed by atoms with E-state index in [1.54, 1.807) is 0 Å². The van der Waals surface area contributed by atoms with Gasteiger partial charge in [-0.1, -0.05) is 64.2 Å². The van der Waals surface area contributed by atoms with E-state index in [-0.39, 0.29) is 0 Å². The van der Waals surface area contributed by atoms with Crippen LogP contribution in [0.15, 0.2) is 38.4 Å². The molecule has 2 aromatic heterocycles. The van der Waals surface area contributed by atoms with Crippen molar-refractivity contribution in [2.45, 2.75) is 49.1 Å². The number of rotatable bonds is 5. The number of benzene rings is 1. The molecule has 2 heterocycles. The maximum Gasteiger partial charge on any atom is 0.237 e. The first-order valence-electron chi connectivity index (χ1n) is 8.29. The van der Waals surface area contributed by atoms with Crippen LogP contribution in [0.1, 0.15) is 44.0 Å². The minimum absolute atomic E-state index is 0.408. The van der Waals surface area contributed by atoms with Crippen LogP contribution in [0.25, 0.3) is 11.4 Å². The van der Waals surface area contributed by atoms with E-state index < -0.39 is 0 Å². The maximum atomic E-state index is 5.37. The Balaban J connectivity index is 1.43. The molecule has 1 saturated carbocycles. The smallest absolute Gasteiger partial charge is 0.237 e. The summed E-state index contributed by atoms with van der Waals surface area (Å²) in [6.45, 7) is 0. The Bertz CT molecular complexity index is 845. The van der Waals surface area contributed by atoms with Gasteiger partial charge in [0.1, 0.15) is 0 Å². The molecule has 0 unspecified atom stereocenters. The van der Waals surface area contributed by atoms with E-state index >= 15 is 0 Å². The monoisotopic (exact) mass is 420 g/mol. The standard InChI is InChI=1S/C16H17BrN6OS/c17-12-6-4-5-11(9-12)15-18-14(24-20-15)10-25-16-19-21-22-23(16)13-7-2-1-3-8-13/h4-6,9,13H,1-3,7-8,10H2. The molecule has 0 N–H and O–H groups in total. The average molecular weight is 421 g/mol. The van der Waals surface area contributed by atoms with Gasteiger partial charge in [0.2, 0.25) is 16.9 Å². The summed E-state index contributed by atoms with van der Waals surface area (Å²) in [6.07, 6.45) is 6.09. The second kappa shape index (κ2) is 7.65. The van der Waals surface area contributed by atoms with E-state index in [2.05, 4.69) is 41.6 Å². The minimum Gasteiger partial charge on any atom is -0.338 e. The third-order valence-corrected chi connectivity index (χ3v) is 5.67. The fraction of sp³-hybridized carbons (Fsp3) is 0.438. The van der Waals surface area contributed by atoms with Crippen LogP contribution >= 0.6 is 27.7 Å². The van der Waals surface area contributed by atoms with Crippen LogP contribution in [-0.4, -0.2) is 30.3 Å². The van der Waals surface area contributed by atoms with E-state index in [1.807, 2.05) is 28.9 Å². The number of halogens is 1. The first-order chi connectivity index (χ1) is 12.3. The number of thioether (sulfide) groups is 1. The van der Waals surface area contributed by atoms with Crippen molar-refractivity contribution in [2.75, 3.05) is 0 Å². The van der Waals surface area contributed by atoms with Gasteiger partial charge in [0.25, 0.3) is 0 Å². The summed E-state index contributed by atoms with van der Waals surface area (Å²) in [5, 5.41) is 17.0. The van der Waals surface area contributed by atoms with Gasteiger partial charge in [-0.2, -0.15) is 4.98 Å². The van der Waals surface area contributed by atoms with Crippen molar-refractivity contribution in [1.29, 1.82) is 0 Å². The first-order valence-corrected chi connectivity index (χ1v) is 10.1. The van der Waals surface area contributed by atoms with E-state index in [1.165, 1.54) is 31.0 Å². The van der Waals surface area contributed by atoms with Gasteiger partial charge in [0.05, 0.1) is 11.8 Å². The van der Waals surface area contributed by atoms with Gasteiger partial charge in [0.15, 0.2) is 0 Å². The van der Waals surface area contributed by atoms with E-state index in [0.29, 0.717) is 23.5 Å². The van der Waals surface area contributed by atoms with Crippen molar-refractivity contribution in [3.05, 3.63) is 34.6 Å². The summed E-state index contributed by atoms with van der Waals surface area (Å²) in [4.78, 5) is 4.47. The van der Waals surface area contributed by atoms with Crippen LogP contribution < -0.4 is 0 Å². The zero-order valence-electron chi connectivity index (χ0n) is 13.5. The molecule has 0 radical (unpaired) electrons. The molecule has 3 aromatic rings. The highest BCUT2D eigenvalue weighted by Gasteiger charge is 2.21. The Kier molecular flexibility index (Phi) is 5.12. The van der Waals surface area contributed by atoms with Crippen molar-refractivity contribution in [3.8, 4) is 11.4 Å². The fourth-order valence-electron chi connectivity index (χ4n) is 3.02. The Hall–Kier alpha value is -1.74. The third kappa shape index (κ3) is 3.92. The number of tetrazole rings is 1. The number of hydrogen-bond acceptors (Lipinski definition) is 7. The molecule has 0 atom stereocenters. The molecule has 1 aliphatic rings. The molecular formula is C16H17BrN6OS. The molecule has 0 saturated heterocycles. The minimum atomic E-state index is 0.408. The third-order valence-electron chi connectivity index (χ3n) is 4.26. The van der Waals surface area contributed by atoms with E-state index in [4.69, 9.17) is 4.52 Å². The Labute approximate surface area is 157 Å². The summed E-state index contributed by atoms with van der Waals surface area (Å²) >= 11 is 4.99. The van der Waals surface area contributed by atoms with Gasteiger partial charge in [-0.25, -0.2) is 4.68 Å². The van der Waals surface area contributed by atoms with Crippen LogP contribution in [0.5, 0.6) is 0 Å². The predicted octanol–water partition coefficient (Wildman–Crippen LogP) is 4.28. The molecule has 0 aliphatic heterocycles. The van der Waals surface area contributed by atoms with E-state index in [9.17, 15) is 0 Å². The predicted molar refractivity (Wildman–Crippen MR) is 96.9 cm³/mol. The van der Waals surface area contributed by atoms with Crippen molar-refractivity contribution >= 4 is 27.7 Å². The molecule has 1 aliphatic carbocycles. The van der Waals surface area contributed by atoms with Crippen LogP contribution in [0.3, 0.4) is 0 Å². The van der Waals surface area contributed by atoms with Crippen molar-refractivity contribution in [3.63, 3.8) is 0 Å². The lowest BCUT2D eigenvalue weighted by Gasteiger charge is -2.21.